The van der Waals surface area contributed by atoms with Crippen LogP contribution in [0, 0.1) is 0 Å². The van der Waals surface area contributed by atoms with Gasteiger partial charge in [-0.25, -0.2) is 0 Å². The molecule has 0 aliphatic carbocycles. The molecule has 78 valence electrons. The Morgan fingerprint density at radius 3 is 3.00 bits per heavy atom. The fourth-order valence-electron chi connectivity index (χ4n) is 1.63. The van der Waals surface area contributed by atoms with Crippen LogP contribution < -0.4 is 5.32 Å². The predicted molar refractivity (Wildman–Crippen MR) is 56.4 cm³/mol. The Kier molecular flexibility index (Phi) is 5.76. The zero-order valence-electron chi connectivity index (χ0n) is 8.39. The summed E-state index contributed by atoms with van der Waals surface area (Å²) in [5, 5.41) is 3.43. The zero-order chi connectivity index (χ0) is 9.52. The molecule has 2 unspecified atom stereocenters. The molecular formula is C10H20ClNO. The average molecular weight is 206 g/mol. The molecule has 13 heavy (non-hydrogen) atoms. The van der Waals surface area contributed by atoms with Crippen LogP contribution in [-0.2, 0) is 4.74 Å². The van der Waals surface area contributed by atoms with E-state index >= 15 is 0 Å². The smallest absolute Gasteiger partial charge is 0.0588 e. The Bertz CT molecular complexity index is 120. The molecule has 0 amide bonds. The van der Waals surface area contributed by atoms with Gasteiger partial charge in [0.25, 0.3) is 0 Å². The lowest BCUT2D eigenvalue weighted by molar-refractivity contribution is 0.103. The Morgan fingerprint density at radius 1 is 1.62 bits per heavy atom. The van der Waals surface area contributed by atoms with E-state index in [-0.39, 0.29) is 0 Å². The monoisotopic (exact) mass is 205 g/mol. The predicted octanol–water partition coefficient (Wildman–Crippen LogP) is 2.16. The van der Waals surface area contributed by atoms with E-state index < -0.39 is 0 Å². The van der Waals surface area contributed by atoms with Crippen LogP contribution in [0.1, 0.15) is 32.6 Å². The van der Waals surface area contributed by atoms with Gasteiger partial charge in [0.1, 0.15) is 0 Å². The first-order valence-corrected chi connectivity index (χ1v) is 5.81. The molecule has 1 N–H and O–H groups in total. The van der Waals surface area contributed by atoms with Crippen LogP contribution in [-0.4, -0.2) is 31.2 Å². The molecule has 2 nitrogen and oxygen atoms in total. The van der Waals surface area contributed by atoms with Crippen LogP contribution in [0.25, 0.3) is 0 Å². The van der Waals surface area contributed by atoms with E-state index in [0.717, 1.165) is 26.0 Å². The van der Waals surface area contributed by atoms with E-state index in [4.69, 9.17) is 16.3 Å². The Balaban J connectivity index is 1.98. The van der Waals surface area contributed by atoms with Gasteiger partial charge in [0.2, 0.25) is 0 Å². The van der Waals surface area contributed by atoms with Crippen molar-refractivity contribution in [2.24, 2.45) is 0 Å². The van der Waals surface area contributed by atoms with Gasteiger partial charge in [-0.05, 0) is 32.2 Å². The van der Waals surface area contributed by atoms with E-state index in [1.165, 1.54) is 12.8 Å². The highest BCUT2D eigenvalue weighted by Crippen LogP contribution is 2.14. The van der Waals surface area contributed by atoms with Crippen molar-refractivity contribution in [1.82, 2.24) is 5.32 Å². The Labute approximate surface area is 86.0 Å². The highest BCUT2D eigenvalue weighted by atomic mass is 35.5. The molecule has 1 saturated heterocycles. The molecule has 3 heteroatoms. The average Bonchev–Trinajstić information content (AvgIpc) is 2.65. The van der Waals surface area contributed by atoms with Crippen LogP contribution in [0.3, 0.4) is 0 Å². The summed E-state index contributed by atoms with van der Waals surface area (Å²) in [5.74, 6) is 0.710. The number of hydrogen-bond donors (Lipinski definition) is 1. The van der Waals surface area contributed by atoms with E-state index in [2.05, 4.69) is 12.2 Å². The van der Waals surface area contributed by atoms with Gasteiger partial charge >= 0.3 is 0 Å². The summed E-state index contributed by atoms with van der Waals surface area (Å²) in [6.45, 7) is 4.15. The van der Waals surface area contributed by atoms with Crippen molar-refractivity contribution in [1.29, 1.82) is 0 Å². The largest absolute Gasteiger partial charge is 0.378 e. The van der Waals surface area contributed by atoms with Gasteiger partial charge in [0.05, 0.1) is 6.10 Å². The van der Waals surface area contributed by atoms with Gasteiger partial charge < -0.3 is 10.1 Å². The summed E-state index contributed by atoms with van der Waals surface area (Å²) < 4.78 is 5.53. The summed E-state index contributed by atoms with van der Waals surface area (Å²) in [6, 6.07) is 0.475. The topological polar surface area (TPSA) is 21.3 Å². The molecular weight excluding hydrogens is 186 g/mol. The molecule has 1 aliphatic rings. The minimum atomic E-state index is 0.475. The van der Waals surface area contributed by atoms with Gasteiger partial charge in [0.15, 0.2) is 0 Å². The second kappa shape index (κ2) is 6.63. The third-order valence-corrected chi connectivity index (χ3v) is 2.97. The number of ether oxygens (including phenoxy) is 1. The van der Waals surface area contributed by atoms with Crippen LogP contribution in [0.5, 0.6) is 0 Å². The molecule has 0 aromatic rings. The Morgan fingerprint density at radius 2 is 2.46 bits per heavy atom. The quantitative estimate of drug-likeness (QED) is 0.672. The van der Waals surface area contributed by atoms with E-state index in [9.17, 15) is 0 Å². The van der Waals surface area contributed by atoms with Crippen LogP contribution in [0.2, 0.25) is 0 Å². The third kappa shape index (κ3) is 4.30. The fourth-order valence-corrected chi connectivity index (χ4v) is 1.96. The molecule has 0 bridgehead atoms. The Hall–Kier alpha value is 0.210. The van der Waals surface area contributed by atoms with Crippen molar-refractivity contribution in [2.45, 2.75) is 44.8 Å². The maximum Gasteiger partial charge on any atom is 0.0588 e. The standard InChI is InChI=1S/C10H20ClNO/c1-2-9(8-11)12-6-5-10-4-3-7-13-10/h9-10,12H,2-8H2,1H3. The molecule has 0 aromatic carbocycles. The molecule has 0 radical (unpaired) electrons. The summed E-state index contributed by atoms with van der Waals surface area (Å²) in [4.78, 5) is 0. The maximum atomic E-state index is 5.77. The lowest BCUT2D eigenvalue weighted by atomic mass is 10.1. The minimum absolute atomic E-state index is 0.475. The molecule has 1 rings (SSSR count). The molecule has 0 saturated carbocycles. The van der Waals surface area contributed by atoms with Crippen LogP contribution >= 0.6 is 11.6 Å². The van der Waals surface area contributed by atoms with E-state index in [1.54, 1.807) is 0 Å². The summed E-state index contributed by atoms with van der Waals surface area (Å²) in [7, 11) is 0. The molecule has 0 spiro atoms. The molecule has 1 fully saturated rings. The normalized spacial score (nSPS) is 24.9. The van der Waals surface area contributed by atoms with Gasteiger partial charge in [0, 0.05) is 18.5 Å². The number of hydrogen-bond acceptors (Lipinski definition) is 2. The SMILES string of the molecule is CCC(CCl)NCCC1CCCO1. The lowest BCUT2D eigenvalue weighted by Crippen LogP contribution is -2.32. The fraction of sp³-hybridized carbons (Fsp3) is 1.00. The van der Waals surface area contributed by atoms with Gasteiger partial charge in [-0.2, -0.15) is 0 Å². The number of halogens is 1. The first kappa shape index (κ1) is 11.3. The maximum absolute atomic E-state index is 5.77. The van der Waals surface area contributed by atoms with Crippen molar-refractivity contribution in [2.75, 3.05) is 19.0 Å². The lowest BCUT2D eigenvalue weighted by Gasteiger charge is -2.15. The molecule has 1 heterocycles. The summed E-state index contributed by atoms with van der Waals surface area (Å²) in [5.41, 5.74) is 0. The van der Waals surface area contributed by atoms with Gasteiger partial charge in [-0.3, -0.25) is 0 Å². The number of alkyl halides is 1. The second-order valence-electron chi connectivity index (χ2n) is 3.64. The first-order valence-electron chi connectivity index (χ1n) is 5.27. The van der Waals surface area contributed by atoms with E-state index in [0.29, 0.717) is 18.0 Å². The molecule has 1 aliphatic heterocycles. The van der Waals surface area contributed by atoms with Crippen molar-refractivity contribution >= 4 is 11.6 Å². The van der Waals surface area contributed by atoms with Crippen LogP contribution in [0.4, 0.5) is 0 Å². The zero-order valence-corrected chi connectivity index (χ0v) is 9.15. The second-order valence-corrected chi connectivity index (χ2v) is 3.95. The minimum Gasteiger partial charge on any atom is -0.378 e. The number of rotatable bonds is 6. The van der Waals surface area contributed by atoms with E-state index in [1.807, 2.05) is 0 Å². The molecule has 0 aromatic heterocycles. The van der Waals surface area contributed by atoms with Crippen molar-refractivity contribution in [3.8, 4) is 0 Å². The number of nitrogens with one attached hydrogen (secondary N) is 1. The first-order chi connectivity index (χ1) is 6.36. The third-order valence-electron chi connectivity index (χ3n) is 2.60. The highest BCUT2D eigenvalue weighted by molar-refractivity contribution is 6.18. The van der Waals surface area contributed by atoms with Gasteiger partial charge in [-0.1, -0.05) is 6.92 Å². The van der Waals surface area contributed by atoms with Crippen molar-refractivity contribution < 1.29 is 4.74 Å². The molecule has 2 atom stereocenters. The van der Waals surface area contributed by atoms with Crippen LogP contribution in [0.15, 0.2) is 0 Å². The van der Waals surface area contributed by atoms with Gasteiger partial charge in [-0.15, -0.1) is 11.6 Å². The van der Waals surface area contributed by atoms with Crippen molar-refractivity contribution in [3.63, 3.8) is 0 Å². The highest BCUT2D eigenvalue weighted by Gasteiger charge is 2.15. The van der Waals surface area contributed by atoms with Crippen molar-refractivity contribution in [3.05, 3.63) is 0 Å². The summed E-state index contributed by atoms with van der Waals surface area (Å²) >= 11 is 5.77. The summed E-state index contributed by atoms with van der Waals surface area (Å²) in [6.07, 6.45) is 5.21.